The number of nitrogens with zero attached hydrogens (tertiary/aromatic N) is 4. The van der Waals surface area contributed by atoms with Crippen molar-refractivity contribution in [2.45, 2.75) is 206 Å². The Morgan fingerprint density at radius 3 is 1.87 bits per heavy atom. The Balaban J connectivity index is 1.20. The smallest absolute Gasteiger partial charge is 0.386 e. The number of ketones is 1. The summed E-state index contributed by atoms with van der Waals surface area (Å²) >= 11 is 1.56. The summed E-state index contributed by atoms with van der Waals surface area (Å²) in [6.07, 6.45) is 22.0. The maximum atomic E-state index is 12.8. The molecular weight excluding hydrogens is 1060 g/mol. The minimum Gasteiger partial charge on any atom is -0.386 e. The molecule has 1 fully saturated rings. The highest BCUT2D eigenvalue weighted by Gasteiger charge is 2.50. The third kappa shape index (κ3) is 27.3. The number of nitrogens with two attached hydrogens (primary N) is 1. The Morgan fingerprint density at radius 2 is 1.31 bits per heavy atom. The van der Waals surface area contributed by atoms with Crippen molar-refractivity contribution in [3.05, 3.63) is 12.7 Å². The molecule has 0 saturated carbocycles. The highest BCUT2D eigenvalue weighted by Crippen LogP contribution is 2.61. The number of Topliss-reactive ketones (excluding diaryl/α,β-unsaturated/α-hetero) is 1. The number of unbranched alkanes of at least 4 members (excludes halogenated alkanes) is 20. The van der Waals surface area contributed by atoms with E-state index in [-0.39, 0.29) is 41.6 Å². The molecule has 432 valence electrons. The van der Waals surface area contributed by atoms with E-state index >= 15 is 0 Å². The summed E-state index contributed by atoms with van der Waals surface area (Å²) in [5.74, 6) is 0.163. The number of imidazole rings is 1. The minimum atomic E-state index is -5.57. The number of aliphatic hydroxyl groups excluding tert-OH is 2. The van der Waals surface area contributed by atoms with Crippen molar-refractivity contribution in [2.75, 3.05) is 43.5 Å². The molecule has 1 aliphatic heterocycles. The van der Waals surface area contributed by atoms with Gasteiger partial charge < -0.3 is 50.9 Å². The van der Waals surface area contributed by atoms with Crippen molar-refractivity contribution >= 4 is 69.8 Å². The lowest BCUT2D eigenvalue weighted by atomic mass is 9.87. The molecule has 0 bridgehead atoms. The molecule has 0 aliphatic carbocycles. The number of anilines is 1. The number of phosphoric ester groups is 3. The van der Waals surface area contributed by atoms with Crippen LogP contribution in [-0.2, 0) is 50.7 Å². The second-order valence-corrected chi connectivity index (χ2v) is 25.3. The monoisotopic (exact) mass is 1150 g/mol. The fraction of sp³-hybridized carbons (Fsp3) is 0.830. The lowest BCUT2D eigenvalue weighted by molar-refractivity contribution is -0.137. The molecular formula is C47H86N7O17P3S. The highest BCUT2D eigenvalue weighted by molar-refractivity contribution is 7.99. The molecule has 2 unspecified atom stereocenters. The molecule has 1 aliphatic rings. The van der Waals surface area contributed by atoms with E-state index in [4.69, 9.17) is 19.5 Å². The first-order valence-electron chi connectivity index (χ1n) is 26.5. The summed E-state index contributed by atoms with van der Waals surface area (Å²) in [5, 5.41) is 26.8. The number of amides is 2. The van der Waals surface area contributed by atoms with Crippen LogP contribution in [0.15, 0.2) is 12.7 Å². The van der Waals surface area contributed by atoms with Gasteiger partial charge in [-0.2, -0.15) is 16.1 Å². The number of rotatable bonds is 44. The molecule has 2 aromatic heterocycles. The van der Waals surface area contributed by atoms with Crippen LogP contribution in [0.3, 0.4) is 0 Å². The summed E-state index contributed by atoms with van der Waals surface area (Å²) in [5.41, 5.74) is 4.31. The van der Waals surface area contributed by atoms with E-state index in [9.17, 15) is 57.9 Å². The second kappa shape index (κ2) is 35.2. The molecule has 3 heterocycles. The molecule has 3 rings (SSSR count). The van der Waals surface area contributed by atoms with E-state index in [2.05, 4.69) is 41.3 Å². The quantitative estimate of drug-likeness (QED) is 0.0226. The molecule has 2 amide bonds. The van der Waals surface area contributed by atoms with Gasteiger partial charge in [-0.1, -0.05) is 149 Å². The van der Waals surface area contributed by atoms with Gasteiger partial charge in [-0.25, -0.2) is 28.6 Å². The van der Waals surface area contributed by atoms with Gasteiger partial charge in [-0.05, 0) is 6.42 Å². The Kier molecular flexibility index (Phi) is 31.4. The lowest BCUT2D eigenvalue weighted by Crippen LogP contribution is -2.46. The number of hydrogen-bond donors (Lipinski definition) is 9. The molecule has 7 atom stereocenters. The zero-order valence-electron chi connectivity index (χ0n) is 44.0. The summed E-state index contributed by atoms with van der Waals surface area (Å²) in [6, 6.07) is 0. The van der Waals surface area contributed by atoms with Gasteiger partial charge in [0.2, 0.25) is 11.8 Å². The van der Waals surface area contributed by atoms with Gasteiger partial charge in [-0.3, -0.25) is 32.5 Å². The summed E-state index contributed by atoms with van der Waals surface area (Å²) < 4.78 is 62.6. The Labute approximate surface area is 446 Å². The minimum absolute atomic E-state index is 0.0360. The second-order valence-electron chi connectivity index (χ2n) is 19.8. The number of hydrogen-bond acceptors (Lipinski definition) is 18. The zero-order chi connectivity index (χ0) is 55.3. The topological polar surface area (TPSA) is 364 Å². The van der Waals surface area contributed by atoms with E-state index in [1.165, 1.54) is 136 Å². The summed E-state index contributed by atoms with van der Waals surface area (Å²) in [4.78, 5) is 88.7. The van der Waals surface area contributed by atoms with Crippen LogP contribution >= 0.6 is 35.2 Å². The van der Waals surface area contributed by atoms with E-state index in [0.717, 1.165) is 30.1 Å². The predicted octanol–water partition coefficient (Wildman–Crippen LogP) is 7.70. The summed E-state index contributed by atoms with van der Waals surface area (Å²) in [7, 11) is -16.4. The number of aromatic nitrogens is 4. The van der Waals surface area contributed by atoms with E-state index in [1.54, 1.807) is 11.8 Å². The van der Waals surface area contributed by atoms with Crippen LogP contribution in [0.1, 0.15) is 181 Å². The molecule has 75 heavy (non-hydrogen) atoms. The van der Waals surface area contributed by atoms with Gasteiger partial charge in [0.05, 0.1) is 19.5 Å². The third-order valence-electron chi connectivity index (χ3n) is 12.7. The average molecular weight is 1150 g/mol. The number of aliphatic hydroxyl groups is 2. The third-order valence-corrected chi connectivity index (χ3v) is 16.8. The first-order chi connectivity index (χ1) is 35.6. The molecule has 0 radical (unpaired) electrons. The molecule has 0 spiro atoms. The maximum absolute atomic E-state index is 12.8. The van der Waals surface area contributed by atoms with Gasteiger partial charge in [0.1, 0.15) is 42.0 Å². The number of carbonyl (C=O) groups excluding carboxylic acids is 3. The molecule has 0 aromatic carbocycles. The van der Waals surface area contributed by atoms with Crippen molar-refractivity contribution in [1.29, 1.82) is 0 Å². The van der Waals surface area contributed by atoms with Crippen LogP contribution < -0.4 is 16.4 Å². The van der Waals surface area contributed by atoms with Crippen LogP contribution in [0.4, 0.5) is 5.82 Å². The van der Waals surface area contributed by atoms with Crippen LogP contribution in [0.2, 0.25) is 0 Å². The van der Waals surface area contributed by atoms with Crippen LogP contribution in [0.5, 0.6) is 0 Å². The highest BCUT2D eigenvalue weighted by atomic mass is 32.2. The van der Waals surface area contributed by atoms with Crippen LogP contribution in [-0.4, -0.2) is 129 Å². The number of nitrogen functional groups attached to an aromatic ring is 1. The number of nitrogens with one attached hydrogen (secondary N) is 2. The first kappa shape index (κ1) is 66.8. The number of ether oxygens (including phenoxy) is 1. The van der Waals surface area contributed by atoms with Crippen molar-refractivity contribution in [2.24, 2.45) is 5.41 Å². The molecule has 1 saturated heterocycles. The molecule has 24 nitrogen and oxygen atoms in total. The van der Waals surface area contributed by atoms with Crippen molar-refractivity contribution < 1.29 is 80.5 Å². The Hall–Kier alpha value is -2.44. The van der Waals surface area contributed by atoms with Crippen molar-refractivity contribution in [1.82, 2.24) is 30.2 Å². The molecule has 10 N–H and O–H groups in total. The van der Waals surface area contributed by atoms with Crippen molar-refractivity contribution in [3.8, 4) is 0 Å². The Morgan fingerprint density at radius 1 is 0.760 bits per heavy atom. The average Bonchev–Trinajstić information content (AvgIpc) is 3.91. The van der Waals surface area contributed by atoms with E-state index in [1.807, 2.05) is 0 Å². The van der Waals surface area contributed by atoms with Gasteiger partial charge >= 0.3 is 23.5 Å². The largest absolute Gasteiger partial charge is 0.481 e. The zero-order valence-corrected chi connectivity index (χ0v) is 47.5. The normalized spacial score (nSPS) is 19.2. The van der Waals surface area contributed by atoms with E-state index < -0.39 is 78.6 Å². The molecule has 2 aromatic rings. The van der Waals surface area contributed by atoms with Crippen molar-refractivity contribution in [3.63, 3.8) is 0 Å². The van der Waals surface area contributed by atoms with Gasteiger partial charge in [-0.15, -0.1) is 0 Å². The lowest BCUT2D eigenvalue weighted by Gasteiger charge is -2.30. The van der Waals surface area contributed by atoms with Gasteiger partial charge in [0.25, 0.3) is 0 Å². The van der Waals surface area contributed by atoms with Gasteiger partial charge in [0.15, 0.2) is 17.7 Å². The SMILES string of the molecule is CCCCCCCCCCCCCCCCCCCCCCCC(=O)CCSCCNC(=O)CCNC(=O)[C@H](O)C(C)(C)COP(=O)(O)OP(=O)(O)OC[C@H]1O[C@@H](n2cnc3c(N)ncnc32)[C@H](O)[C@@H]1OP(=O)(O)O. The summed E-state index contributed by atoms with van der Waals surface area (Å²) in [6.45, 7) is 3.02. The number of phosphoric acid groups is 3. The fourth-order valence-electron chi connectivity index (χ4n) is 8.37. The van der Waals surface area contributed by atoms with Crippen LogP contribution in [0, 0.1) is 5.41 Å². The predicted molar refractivity (Wildman–Crippen MR) is 284 cm³/mol. The fourth-order valence-corrected chi connectivity index (χ4v) is 12.0. The standard InChI is InChI=1S/C47H86N7O17P3S/c1-4-5-6-7-8-9-10-11-12-13-14-15-16-17-18-19-20-21-22-23-24-25-36(55)27-30-75-31-29-49-38(56)26-28-50-45(59)42(58)47(2,3)33-68-74(65,66)71-73(63,64)67-32-37-41(70-72(60,61)62)40(57)46(69-37)54-35-53-39-43(48)51-34-52-44(39)54/h34-35,37,40-42,46,57-58H,4-33H2,1-3H3,(H,49,56)(H,50,59)(H,63,64)(H,65,66)(H2,48,51,52)(H2,60,61,62)/t37-,40-,41-,42+,46-/m1/s1. The molecule has 28 heteroatoms. The number of thioether (sulfide) groups is 1. The number of fused-ring (bicyclic) bond motifs is 1. The van der Waals surface area contributed by atoms with Crippen LogP contribution in [0.25, 0.3) is 11.2 Å². The van der Waals surface area contributed by atoms with Gasteiger partial charge in [0, 0.05) is 49.3 Å². The first-order valence-corrected chi connectivity index (χ1v) is 32.2. The Bertz CT molecular complexity index is 2140. The maximum Gasteiger partial charge on any atom is 0.481 e. The number of carbonyl (C=O) groups is 3. The van der Waals surface area contributed by atoms with E-state index in [0.29, 0.717) is 30.9 Å².